The average molecular weight is 248 g/mol. The smallest absolute Gasteiger partial charge is 0.136 e. The van der Waals surface area contributed by atoms with Crippen LogP contribution in [0.5, 0.6) is 0 Å². The highest BCUT2D eigenvalue weighted by atomic mass is 16.3. The first kappa shape index (κ1) is 13.4. The maximum absolute atomic E-state index is 11.7. The van der Waals surface area contributed by atoms with Gasteiger partial charge >= 0.3 is 0 Å². The summed E-state index contributed by atoms with van der Waals surface area (Å²) < 4.78 is 4.58. The van der Waals surface area contributed by atoms with E-state index in [1.54, 1.807) is 12.5 Å². The van der Waals surface area contributed by atoms with E-state index in [4.69, 9.17) is 0 Å². The number of hydrogen-bond donors (Lipinski definition) is 0. The third-order valence-electron chi connectivity index (χ3n) is 4.25. The molecule has 100 valence electrons. The largest absolute Gasteiger partial charge is 0.473 e. The lowest BCUT2D eigenvalue weighted by Crippen LogP contribution is -2.28. The average Bonchev–Trinajstić information content (AvgIpc) is 2.99. The monoisotopic (exact) mass is 248 g/mol. The number of ketones is 1. The highest BCUT2D eigenvalue weighted by Gasteiger charge is 2.30. The van der Waals surface area contributed by atoms with Crippen LogP contribution >= 0.6 is 0 Å². The number of furan rings is 1. The highest BCUT2D eigenvalue weighted by molar-refractivity contribution is 5.81. The second kappa shape index (κ2) is 7.40. The van der Waals surface area contributed by atoms with E-state index in [2.05, 4.69) is 4.42 Å². The van der Waals surface area contributed by atoms with E-state index in [9.17, 15) is 4.79 Å². The molecule has 0 aliphatic heterocycles. The summed E-state index contributed by atoms with van der Waals surface area (Å²) in [5.74, 6) is 1.81. The molecular weight excluding hydrogens is 224 g/mol. The van der Waals surface area contributed by atoms with Crippen LogP contribution in [0.3, 0.4) is 0 Å². The van der Waals surface area contributed by atoms with Gasteiger partial charge in [0.2, 0.25) is 0 Å². The van der Waals surface area contributed by atoms with Crippen molar-refractivity contribution >= 4 is 5.78 Å². The van der Waals surface area contributed by atoms with Crippen LogP contribution in [0.15, 0.2) is 29.1 Å². The van der Waals surface area contributed by atoms with Gasteiger partial charge in [-0.05, 0) is 43.7 Å². The van der Waals surface area contributed by atoms with Crippen molar-refractivity contribution in [2.45, 2.75) is 57.8 Å². The van der Waals surface area contributed by atoms with Crippen molar-refractivity contribution in [2.24, 2.45) is 11.8 Å². The van der Waals surface area contributed by atoms with Gasteiger partial charge in [0.15, 0.2) is 0 Å². The van der Waals surface area contributed by atoms with Gasteiger partial charge in [0.05, 0.1) is 12.5 Å². The fraction of sp³-hybridized carbons (Fsp3) is 0.688. The van der Waals surface area contributed by atoms with Crippen molar-refractivity contribution < 1.29 is 9.21 Å². The first-order valence-corrected chi connectivity index (χ1v) is 7.38. The molecule has 2 fully saturated rings. The third-order valence-corrected chi connectivity index (χ3v) is 4.25. The molecule has 0 N–H and O–H groups in total. The fourth-order valence-electron chi connectivity index (χ4n) is 3.27. The van der Waals surface area contributed by atoms with E-state index in [1.807, 2.05) is 12.1 Å². The Labute approximate surface area is 110 Å². The van der Waals surface area contributed by atoms with Crippen LogP contribution in [0.25, 0.3) is 0 Å². The molecule has 0 aromatic carbocycles. The quantitative estimate of drug-likeness (QED) is 0.726. The van der Waals surface area contributed by atoms with Gasteiger partial charge in [-0.3, -0.25) is 4.79 Å². The first-order valence-electron chi connectivity index (χ1n) is 7.38. The fourth-order valence-corrected chi connectivity index (χ4v) is 3.27. The third kappa shape index (κ3) is 4.01. The lowest BCUT2D eigenvalue weighted by atomic mass is 9.73. The second-order valence-corrected chi connectivity index (χ2v) is 5.51. The summed E-state index contributed by atoms with van der Waals surface area (Å²) in [6.45, 7) is 0. The molecule has 2 aliphatic carbocycles. The molecule has 1 atom stereocenters. The van der Waals surface area contributed by atoms with Crippen LogP contribution in [0.1, 0.15) is 57.8 Å². The van der Waals surface area contributed by atoms with Crippen molar-refractivity contribution in [3.8, 4) is 0 Å². The van der Waals surface area contributed by atoms with Gasteiger partial charge in [-0.25, -0.2) is 0 Å². The lowest BCUT2D eigenvalue weighted by Gasteiger charge is -2.31. The molecule has 2 heteroatoms. The summed E-state index contributed by atoms with van der Waals surface area (Å²) in [5, 5.41) is 0. The van der Waals surface area contributed by atoms with Crippen LogP contribution in [0, 0.1) is 11.8 Å². The Morgan fingerprint density at radius 1 is 0.889 bits per heavy atom. The van der Waals surface area contributed by atoms with Gasteiger partial charge in [-0.1, -0.05) is 25.7 Å². The zero-order chi connectivity index (χ0) is 12.6. The SMILES string of the molecule is O=C1CCCCC1C1CCCCC1.c1ccoc1. The number of rotatable bonds is 1. The zero-order valence-corrected chi connectivity index (χ0v) is 11.1. The van der Waals surface area contributed by atoms with Gasteiger partial charge in [0.1, 0.15) is 5.78 Å². The number of hydrogen-bond acceptors (Lipinski definition) is 2. The molecule has 2 aliphatic rings. The van der Waals surface area contributed by atoms with Crippen molar-refractivity contribution in [3.05, 3.63) is 24.7 Å². The van der Waals surface area contributed by atoms with Crippen molar-refractivity contribution in [1.29, 1.82) is 0 Å². The van der Waals surface area contributed by atoms with E-state index >= 15 is 0 Å². The molecule has 18 heavy (non-hydrogen) atoms. The summed E-state index contributed by atoms with van der Waals surface area (Å²) >= 11 is 0. The standard InChI is InChI=1S/C12H20O.C4H4O/c13-12-9-5-4-8-11(12)10-6-2-1-3-7-10;1-2-4-5-3-1/h10-11H,1-9H2;1-4H. The van der Waals surface area contributed by atoms with E-state index in [-0.39, 0.29) is 0 Å². The minimum Gasteiger partial charge on any atom is -0.473 e. The summed E-state index contributed by atoms with van der Waals surface area (Å²) in [5.41, 5.74) is 0. The van der Waals surface area contributed by atoms with Crippen LogP contribution < -0.4 is 0 Å². The highest BCUT2D eigenvalue weighted by Crippen LogP contribution is 2.36. The molecule has 2 nitrogen and oxygen atoms in total. The molecule has 0 saturated heterocycles. The molecule has 1 unspecified atom stereocenters. The minimum atomic E-state index is 0.467. The normalized spacial score (nSPS) is 25.3. The Hall–Kier alpha value is -1.05. The number of carbonyl (C=O) groups is 1. The predicted molar refractivity (Wildman–Crippen MR) is 72.2 cm³/mol. The number of Topliss-reactive ketones (excluding diaryl/α,β-unsaturated/α-hetero) is 1. The topological polar surface area (TPSA) is 30.2 Å². The van der Waals surface area contributed by atoms with Crippen LogP contribution in [0.2, 0.25) is 0 Å². The van der Waals surface area contributed by atoms with Gasteiger partial charge in [-0.15, -0.1) is 0 Å². The van der Waals surface area contributed by atoms with Crippen molar-refractivity contribution in [1.82, 2.24) is 0 Å². The molecule has 1 aromatic rings. The predicted octanol–water partition coefficient (Wildman–Crippen LogP) is 4.61. The summed E-state index contributed by atoms with van der Waals surface area (Å²) in [6.07, 6.45) is 14.6. The van der Waals surface area contributed by atoms with Gasteiger partial charge in [0, 0.05) is 12.3 Å². The van der Waals surface area contributed by atoms with E-state index in [1.165, 1.54) is 44.9 Å². The minimum absolute atomic E-state index is 0.467. The van der Waals surface area contributed by atoms with Crippen molar-refractivity contribution in [3.63, 3.8) is 0 Å². The van der Waals surface area contributed by atoms with E-state index in [0.29, 0.717) is 11.7 Å². The zero-order valence-electron chi connectivity index (χ0n) is 11.1. The molecule has 0 spiro atoms. The molecular formula is C16H24O2. The Morgan fingerprint density at radius 3 is 2.11 bits per heavy atom. The first-order chi connectivity index (χ1) is 8.88. The maximum Gasteiger partial charge on any atom is 0.136 e. The molecule has 1 aromatic heterocycles. The molecule has 0 bridgehead atoms. The van der Waals surface area contributed by atoms with Crippen LogP contribution in [-0.4, -0.2) is 5.78 Å². The summed E-state index contributed by atoms with van der Waals surface area (Å²) in [4.78, 5) is 11.7. The molecule has 3 rings (SSSR count). The Bertz CT molecular complexity index is 306. The maximum atomic E-state index is 11.7. The van der Waals surface area contributed by atoms with Crippen LogP contribution in [-0.2, 0) is 4.79 Å². The van der Waals surface area contributed by atoms with E-state index in [0.717, 1.165) is 18.8 Å². The number of carbonyl (C=O) groups excluding carboxylic acids is 1. The Morgan fingerprint density at radius 2 is 1.56 bits per heavy atom. The van der Waals surface area contributed by atoms with E-state index < -0.39 is 0 Å². The Balaban J connectivity index is 0.000000202. The lowest BCUT2D eigenvalue weighted by molar-refractivity contribution is -0.126. The van der Waals surface area contributed by atoms with Crippen LogP contribution in [0.4, 0.5) is 0 Å². The van der Waals surface area contributed by atoms with Gasteiger partial charge in [-0.2, -0.15) is 0 Å². The molecule has 1 heterocycles. The summed E-state index contributed by atoms with van der Waals surface area (Å²) in [7, 11) is 0. The second-order valence-electron chi connectivity index (χ2n) is 5.51. The molecule has 0 radical (unpaired) electrons. The summed E-state index contributed by atoms with van der Waals surface area (Å²) in [6, 6.07) is 3.67. The molecule has 2 saturated carbocycles. The van der Waals surface area contributed by atoms with Gasteiger partial charge < -0.3 is 4.42 Å². The van der Waals surface area contributed by atoms with Gasteiger partial charge in [0.25, 0.3) is 0 Å². The Kier molecular flexibility index (Phi) is 5.50. The van der Waals surface area contributed by atoms with Crippen molar-refractivity contribution in [2.75, 3.05) is 0 Å². The molecule has 0 amide bonds.